The Morgan fingerprint density at radius 3 is 2.51 bits per heavy atom. The lowest BCUT2D eigenvalue weighted by atomic mass is 10.00. The van der Waals surface area contributed by atoms with Gasteiger partial charge in [0.1, 0.15) is 29.0 Å². The third-order valence-corrected chi connectivity index (χ3v) is 7.87. The number of amides is 4. The van der Waals surface area contributed by atoms with Gasteiger partial charge < -0.3 is 35.0 Å². The first kappa shape index (κ1) is 27.2. The molecule has 39 heavy (non-hydrogen) atoms. The molecular weight excluding hydrogens is 504 g/mol. The highest BCUT2D eigenvalue weighted by molar-refractivity contribution is 5.94. The first-order chi connectivity index (χ1) is 18.4. The molecule has 11 heteroatoms. The summed E-state index contributed by atoms with van der Waals surface area (Å²) >= 11 is 0. The molecule has 5 rings (SSSR count). The van der Waals surface area contributed by atoms with Gasteiger partial charge in [-0.25, -0.2) is 4.79 Å². The van der Waals surface area contributed by atoms with Crippen LogP contribution in [-0.2, 0) is 19.1 Å². The lowest BCUT2D eigenvalue weighted by Gasteiger charge is -2.39. The van der Waals surface area contributed by atoms with Gasteiger partial charge in [-0.3, -0.25) is 14.4 Å². The zero-order chi connectivity index (χ0) is 27.9. The number of carbonyl (C=O) groups is 4. The number of hydrogen-bond donors (Lipinski definition) is 3. The number of ether oxygens (including phenoxy) is 2. The van der Waals surface area contributed by atoms with Gasteiger partial charge >= 0.3 is 6.09 Å². The number of fused-ring (bicyclic) bond motifs is 2. The topological polar surface area (TPSA) is 138 Å². The summed E-state index contributed by atoms with van der Waals surface area (Å²) in [5.74, 6) is -0.366. The lowest BCUT2D eigenvalue weighted by Crippen LogP contribution is -2.62. The fourth-order valence-corrected chi connectivity index (χ4v) is 5.76. The van der Waals surface area contributed by atoms with Crippen LogP contribution in [-0.4, -0.2) is 87.7 Å². The standard InChI is InChI=1S/C28H38N4O7/c1-27(2,3)39-26(36)30-20-16-31(25(35)28(37)12-13-28)14-10-17-8-9-21(32(17)24(20)34)23(33)29-19-11-15-38-22-7-5-4-6-18(19)22/h4-7,17,19-21,37H,8-16H2,1-3H3,(H,29,33)(H,30,36)/t17-,19-,20+,21+/m1/s1. The van der Waals surface area contributed by atoms with Crippen molar-refractivity contribution < 1.29 is 33.8 Å². The number of benzene rings is 1. The number of nitrogens with zero attached hydrogens (tertiary/aromatic N) is 2. The second-order valence-electron chi connectivity index (χ2n) is 12.0. The molecule has 1 aliphatic carbocycles. The van der Waals surface area contributed by atoms with Crippen LogP contribution in [0.15, 0.2) is 24.3 Å². The van der Waals surface area contributed by atoms with Gasteiger partial charge in [0.05, 0.1) is 19.2 Å². The van der Waals surface area contributed by atoms with Gasteiger partial charge in [-0.15, -0.1) is 0 Å². The number of rotatable bonds is 4. The summed E-state index contributed by atoms with van der Waals surface area (Å²) in [7, 11) is 0. The Morgan fingerprint density at radius 2 is 1.79 bits per heavy atom. The van der Waals surface area contributed by atoms with Crippen LogP contribution in [0.5, 0.6) is 5.75 Å². The molecule has 4 atom stereocenters. The summed E-state index contributed by atoms with van der Waals surface area (Å²) in [6.45, 7) is 5.84. The molecule has 0 unspecified atom stereocenters. The van der Waals surface area contributed by atoms with E-state index in [1.807, 2.05) is 24.3 Å². The molecule has 0 bridgehead atoms. The number of aliphatic hydroxyl groups is 1. The predicted molar refractivity (Wildman–Crippen MR) is 140 cm³/mol. The Hall–Kier alpha value is -3.34. The van der Waals surface area contributed by atoms with Crippen molar-refractivity contribution in [1.82, 2.24) is 20.4 Å². The normalized spacial score (nSPS) is 27.7. The van der Waals surface area contributed by atoms with Crippen LogP contribution in [0.1, 0.15) is 70.9 Å². The summed E-state index contributed by atoms with van der Waals surface area (Å²) in [4.78, 5) is 56.4. The number of nitrogens with one attached hydrogen (secondary N) is 2. The lowest BCUT2D eigenvalue weighted by molar-refractivity contribution is -0.149. The summed E-state index contributed by atoms with van der Waals surface area (Å²) < 4.78 is 11.1. The molecule has 1 saturated carbocycles. The minimum atomic E-state index is -1.39. The van der Waals surface area contributed by atoms with E-state index in [2.05, 4.69) is 10.6 Å². The largest absolute Gasteiger partial charge is 0.493 e. The maximum atomic E-state index is 14.0. The third-order valence-electron chi connectivity index (χ3n) is 7.87. The highest BCUT2D eigenvalue weighted by atomic mass is 16.6. The van der Waals surface area contributed by atoms with Crippen LogP contribution < -0.4 is 15.4 Å². The van der Waals surface area contributed by atoms with Crippen LogP contribution in [0.3, 0.4) is 0 Å². The Kier molecular flexibility index (Phi) is 7.21. The third kappa shape index (κ3) is 5.83. The first-order valence-electron chi connectivity index (χ1n) is 13.8. The van der Waals surface area contributed by atoms with E-state index in [9.17, 15) is 24.3 Å². The highest BCUT2D eigenvalue weighted by Gasteiger charge is 2.52. The second-order valence-corrected chi connectivity index (χ2v) is 12.0. The van der Waals surface area contributed by atoms with Crippen molar-refractivity contribution in [2.45, 2.75) is 94.7 Å². The smallest absolute Gasteiger partial charge is 0.408 e. The highest BCUT2D eigenvalue weighted by Crippen LogP contribution is 2.38. The number of carbonyl (C=O) groups excluding carboxylic acids is 4. The molecule has 0 spiro atoms. The molecule has 0 radical (unpaired) electrons. The van der Waals surface area contributed by atoms with Gasteiger partial charge in [0.15, 0.2) is 0 Å². The molecule has 3 aliphatic heterocycles. The van der Waals surface area contributed by atoms with Crippen molar-refractivity contribution in [1.29, 1.82) is 0 Å². The predicted octanol–water partition coefficient (Wildman–Crippen LogP) is 1.64. The van der Waals surface area contributed by atoms with E-state index < -0.39 is 41.2 Å². The van der Waals surface area contributed by atoms with Gasteiger partial charge in [0, 0.05) is 24.6 Å². The molecule has 1 aromatic rings. The van der Waals surface area contributed by atoms with Gasteiger partial charge in [-0.1, -0.05) is 18.2 Å². The van der Waals surface area contributed by atoms with E-state index in [0.29, 0.717) is 51.7 Å². The zero-order valence-electron chi connectivity index (χ0n) is 22.8. The molecule has 11 nitrogen and oxygen atoms in total. The van der Waals surface area contributed by atoms with Crippen molar-refractivity contribution in [3.63, 3.8) is 0 Å². The van der Waals surface area contributed by atoms with E-state index in [4.69, 9.17) is 9.47 Å². The molecule has 3 N–H and O–H groups in total. The van der Waals surface area contributed by atoms with Crippen LogP contribution in [0.2, 0.25) is 0 Å². The molecule has 3 fully saturated rings. The molecule has 2 saturated heterocycles. The molecule has 4 aliphatic rings. The fourth-order valence-electron chi connectivity index (χ4n) is 5.76. The van der Waals surface area contributed by atoms with Gasteiger partial charge in [0.25, 0.3) is 5.91 Å². The first-order valence-corrected chi connectivity index (χ1v) is 13.8. The van der Waals surface area contributed by atoms with Crippen LogP contribution >= 0.6 is 0 Å². The van der Waals surface area contributed by atoms with Crippen molar-refractivity contribution >= 4 is 23.8 Å². The zero-order valence-corrected chi connectivity index (χ0v) is 22.8. The summed E-state index contributed by atoms with van der Waals surface area (Å²) in [6.07, 6.45) is 2.16. The Morgan fingerprint density at radius 1 is 1.05 bits per heavy atom. The molecular formula is C28H38N4O7. The van der Waals surface area contributed by atoms with E-state index in [0.717, 1.165) is 11.3 Å². The van der Waals surface area contributed by atoms with Gasteiger partial charge in [-0.05, 0) is 58.9 Å². The van der Waals surface area contributed by atoms with Crippen molar-refractivity contribution in [2.24, 2.45) is 0 Å². The molecule has 0 aromatic heterocycles. The molecule has 212 valence electrons. The molecule has 1 aromatic carbocycles. The average Bonchev–Trinajstić information content (AvgIpc) is 3.49. The van der Waals surface area contributed by atoms with E-state index in [1.54, 1.807) is 25.7 Å². The van der Waals surface area contributed by atoms with E-state index >= 15 is 0 Å². The quantitative estimate of drug-likeness (QED) is 0.526. The maximum Gasteiger partial charge on any atom is 0.408 e. The Labute approximate surface area is 228 Å². The monoisotopic (exact) mass is 542 g/mol. The Balaban J connectivity index is 1.36. The average molecular weight is 543 g/mol. The minimum Gasteiger partial charge on any atom is -0.493 e. The van der Waals surface area contributed by atoms with Crippen LogP contribution in [0.4, 0.5) is 4.79 Å². The fraction of sp³-hybridized carbons (Fsp3) is 0.643. The Bertz CT molecular complexity index is 1140. The molecule has 4 amide bonds. The number of para-hydroxylation sites is 1. The summed E-state index contributed by atoms with van der Waals surface area (Å²) in [5.41, 5.74) is -1.27. The maximum absolute atomic E-state index is 14.0. The van der Waals surface area contributed by atoms with Gasteiger partial charge in [0.2, 0.25) is 11.8 Å². The molecule has 3 heterocycles. The minimum absolute atomic E-state index is 0.107. The number of hydrogen-bond acceptors (Lipinski definition) is 7. The summed E-state index contributed by atoms with van der Waals surface area (Å²) in [5, 5.41) is 16.2. The number of alkyl carbamates (subject to hydrolysis) is 1. The second kappa shape index (κ2) is 10.3. The SMILES string of the molecule is CC(C)(C)OC(=O)N[C@H]1CN(C(=O)C2(O)CC2)CC[C@H]2CC[C@@H](C(=O)N[C@@H]3CCOc4ccccc43)N2C1=O. The van der Waals surface area contributed by atoms with Crippen molar-refractivity contribution in [3.8, 4) is 5.75 Å². The van der Waals surface area contributed by atoms with E-state index in [-0.39, 0.29) is 24.5 Å². The van der Waals surface area contributed by atoms with Crippen LogP contribution in [0, 0.1) is 0 Å². The summed E-state index contributed by atoms with van der Waals surface area (Å²) in [6, 6.07) is 5.27. The van der Waals surface area contributed by atoms with E-state index in [1.165, 1.54) is 4.90 Å². The van der Waals surface area contributed by atoms with Crippen LogP contribution in [0.25, 0.3) is 0 Å². The van der Waals surface area contributed by atoms with Gasteiger partial charge in [-0.2, -0.15) is 0 Å². The van der Waals surface area contributed by atoms with Crippen molar-refractivity contribution in [2.75, 3.05) is 19.7 Å². The van der Waals surface area contributed by atoms with Crippen molar-refractivity contribution in [3.05, 3.63) is 29.8 Å².